The Morgan fingerprint density at radius 3 is 0.794 bits per heavy atom. The van der Waals surface area contributed by atoms with E-state index in [1.54, 1.807) is 0 Å². The van der Waals surface area contributed by atoms with Gasteiger partial charge in [-0.2, -0.15) is 0 Å². The largest absolute Gasteiger partial charge is 0.309 e. The van der Waals surface area contributed by atoms with E-state index in [1.807, 2.05) is 11.3 Å². The molecule has 24 aromatic carbocycles. The maximum Gasteiger partial charge on any atom is 0.0541 e. The summed E-state index contributed by atoms with van der Waals surface area (Å²) in [6.07, 6.45) is 0. The molecule has 30 rings (SSSR count). The van der Waals surface area contributed by atoms with Gasteiger partial charge in [-0.15, -0.1) is 11.3 Å². The predicted octanol–water partition coefficient (Wildman–Crippen LogP) is 36.7. The van der Waals surface area contributed by atoms with Gasteiger partial charge in [0, 0.05) is 80.4 Å². The molecular formula is C132H87N3S. The Morgan fingerprint density at radius 1 is 0.147 bits per heavy atom. The molecular weight excluding hydrogens is 1660 g/mol. The highest BCUT2D eigenvalue weighted by atomic mass is 32.1. The zero-order valence-electron chi connectivity index (χ0n) is 75.6. The molecule has 0 saturated heterocycles. The van der Waals surface area contributed by atoms with E-state index in [1.165, 1.54) is 277 Å². The van der Waals surface area contributed by atoms with E-state index in [2.05, 4.69) is 496 Å². The molecule has 4 aromatic heterocycles. The van der Waals surface area contributed by atoms with Gasteiger partial charge in [-0.3, -0.25) is 0 Å². The average Bonchev–Trinajstić information content (AvgIpc) is 1.25. The van der Waals surface area contributed by atoms with Crippen molar-refractivity contribution in [2.45, 2.75) is 38.5 Å². The van der Waals surface area contributed by atoms with Crippen LogP contribution in [0.4, 0.5) is 0 Å². The quantitative estimate of drug-likeness (QED) is 0.147. The van der Waals surface area contributed by atoms with Crippen LogP contribution in [0.25, 0.3) is 255 Å². The Morgan fingerprint density at radius 2 is 0.397 bits per heavy atom. The monoisotopic (exact) mass is 1750 g/mol. The van der Waals surface area contributed by atoms with Crippen molar-refractivity contribution < 1.29 is 0 Å². The van der Waals surface area contributed by atoms with E-state index in [0.717, 1.165) is 0 Å². The van der Waals surface area contributed by atoms with Crippen molar-refractivity contribution >= 4 is 194 Å². The van der Waals surface area contributed by atoms with Crippen LogP contribution in [-0.4, -0.2) is 13.7 Å². The summed E-state index contributed by atoms with van der Waals surface area (Å²) in [5, 5.41) is 33.7. The van der Waals surface area contributed by atoms with E-state index in [-0.39, 0.29) is 10.8 Å². The topological polar surface area (TPSA) is 14.8 Å². The summed E-state index contributed by atoms with van der Waals surface area (Å²) in [7, 11) is 0. The van der Waals surface area contributed by atoms with Gasteiger partial charge in [0.15, 0.2) is 0 Å². The molecule has 0 fully saturated rings. The highest BCUT2D eigenvalue weighted by molar-refractivity contribution is 7.25. The highest BCUT2D eigenvalue weighted by Gasteiger charge is 2.37. The first-order valence-corrected chi connectivity index (χ1v) is 48.3. The van der Waals surface area contributed by atoms with E-state index in [4.69, 9.17) is 0 Å². The predicted molar refractivity (Wildman–Crippen MR) is 584 cm³/mol. The van der Waals surface area contributed by atoms with Crippen LogP contribution in [0.2, 0.25) is 0 Å². The van der Waals surface area contributed by atoms with Crippen LogP contribution in [0.3, 0.4) is 0 Å². The van der Waals surface area contributed by atoms with Crippen LogP contribution >= 0.6 is 11.3 Å². The summed E-state index contributed by atoms with van der Waals surface area (Å²) in [6.45, 7) is 9.40. The Labute approximate surface area is 790 Å². The SMILES string of the molecule is CC1(C)c2ccccc2-c2cc(-c3ccc4c(c3)c3ccccc3n4-c3ccc4c5ccccc5c5ccccc5c4c3)ccc21.CC1(C)c2ccccc2-c2ccc(-c3ccc4c(c3)c3ccccc3n4-c3ccc4c5ccccc5c5ccccc5c4c3)cc21.c1ccc2c(c1)sc1ccc(-c3ccc4c(c3)c3ccccc3n4-c3ccc4c5ccccc5c5ccccc5c4c3)cc12. The van der Waals surface area contributed by atoms with Gasteiger partial charge in [0.2, 0.25) is 0 Å². The Bertz CT molecular complexity index is 9930. The Hall–Kier alpha value is -16.8. The number of thiophene rings is 1. The number of nitrogens with zero attached hydrogens (tertiary/aromatic N) is 3. The summed E-state index contributed by atoms with van der Waals surface area (Å²) >= 11 is 1.87. The third-order valence-electron chi connectivity index (χ3n) is 30.5. The molecule has 0 spiro atoms. The van der Waals surface area contributed by atoms with Gasteiger partial charge < -0.3 is 13.7 Å². The number of hydrogen-bond donors (Lipinski definition) is 0. The van der Waals surface area contributed by atoms with Crippen LogP contribution in [0, 0.1) is 0 Å². The number of hydrogen-bond acceptors (Lipinski definition) is 1. The third kappa shape index (κ3) is 11.7. The van der Waals surface area contributed by atoms with Gasteiger partial charge in [0.1, 0.15) is 0 Å². The fourth-order valence-electron chi connectivity index (χ4n) is 24.1. The number of fused-ring (bicyclic) bond motifs is 36. The van der Waals surface area contributed by atoms with Crippen LogP contribution in [0.15, 0.2) is 455 Å². The maximum atomic E-state index is 2.44. The fourth-order valence-corrected chi connectivity index (χ4v) is 25.2. The Kier molecular flexibility index (Phi) is 17.1. The molecule has 2 aliphatic rings. The summed E-state index contributed by atoms with van der Waals surface area (Å²) in [5.41, 5.74) is 29.5. The molecule has 4 heterocycles. The molecule has 0 radical (unpaired) electrons. The molecule has 0 N–H and O–H groups in total. The standard InChI is InChI=1S/2C45H31N.C42H25NS/c1-45(2)41-17-9-7-15-36(41)39-25-28(19-23-42(39)45)29-20-24-44-40(26-29)37-16-8-10-18-43(37)46(44)30-21-22-35-33-13-4-3-11-31(33)32-12-5-6-14-34(32)38(35)27-30;1-45(2)41-17-9-7-15-36(41)37-22-19-29(26-42(37)45)28-20-24-44-40(25-28)38-16-8-10-18-43(38)46(44)30-21-23-35-33-13-4-3-11-31(33)32-12-5-6-14-34(32)39(35)27-30;1-2-11-31-29(9-1)30-10-3-4-12-32(30)36-25-28(19-20-33(31)36)43-39-15-7-5-13-34(39)37-23-26(17-21-40(37)43)27-18-22-42-38(24-27)35-14-6-8-16-41(35)44-42/h2*3-27H,1-2H3;1-25H. The second-order valence-corrected chi connectivity index (χ2v) is 39.5. The molecule has 0 amide bonds. The summed E-state index contributed by atoms with van der Waals surface area (Å²) in [6, 6.07) is 169. The van der Waals surface area contributed by atoms with Crippen molar-refractivity contribution in [2.75, 3.05) is 0 Å². The lowest BCUT2D eigenvalue weighted by Crippen LogP contribution is -2.14. The lowest BCUT2D eigenvalue weighted by molar-refractivity contribution is 0.660. The lowest BCUT2D eigenvalue weighted by Gasteiger charge is -2.22. The smallest absolute Gasteiger partial charge is 0.0541 e. The van der Waals surface area contributed by atoms with Crippen LogP contribution < -0.4 is 0 Å². The average molecular weight is 1750 g/mol. The van der Waals surface area contributed by atoms with Crippen molar-refractivity contribution in [3.63, 3.8) is 0 Å². The van der Waals surface area contributed by atoms with E-state index in [0.29, 0.717) is 0 Å². The first-order chi connectivity index (χ1) is 67.0. The van der Waals surface area contributed by atoms with E-state index < -0.39 is 0 Å². The molecule has 0 bridgehead atoms. The molecule has 0 atom stereocenters. The number of para-hydroxylation sites is 3. The zero-order chi connectivity index (χ0) is 89.9. The van der Waals surface area contributed by atoms with Gasteiger partial charge in [0.05, 0.1) is 33.1 Å². The third-order valence-corrected chi connectivity index (χ3v) is 31.7. The molecule has 3 nitrogen and oxygen atoms in total. The van der Waals surface area contributed by atoms with Crippen molar-refractivity contribution in [3.8, 4) is 72.7 Å². The highest BCUT2D eigenvalue weighted by Crippen LogP contribution is 2.54. The second-order valence-electron chi connectivity index (χ2n) is 38.4. The Balaban J connectivity index is 0.000000101. The van der Waals surface area contributed by atoms with Crippen molar-refractivity contribution in [3.05, 3.63) is 477 Å². The number of aromatic nitrogens is 3. The van der Waals surface area contributed by atoms with Gasteiger partial charge in [-0.05, 0) is 296 Å². The zero-order valence-corrected chi connectivity index (χ0v) is 76.4. The van der Waals surface area contributed by atoms with Crippen LogP contribution in [0.1, 0.15) is 49.9 Å². The second kappa shape index (κ2) is 29.9. The molecule has 2 aliphatic carbocycles. The minimum absolute atomic E-state index is 0.0132. The summed E-state index contributed by atoms with van der Waals surface area (Å²) in [4.78, 5) is 0. The van der Waals surface area contributed by atoms with E-state index in [9.17, 15) is 0 Å². The van der Waals surface area contributed by atoms with Gasteiger partial charge in [-0.1, -0.05) is 361 Å². The minimum atomic E-state index is -0.0202. The van der Waals surface area contributed by atoms with Gasteiger partial charge >= 0.3 is 0 Å². The summed E-state index contributed by atoms with van der Waals surface area (Å²) in [5.74, 6) is 0. The molecule has 636 valence electrons. The first-order valence-electron chi connectivity index (χ1n) is 47.5. The molecule has 0 aliphatic heterocycles. The van der Waals surface area contributed by atoms with Gasteiger partial charge in [0.25, 0.3) is 0 Å². The molecule has 0 saturated carbocycles. The lowest BCUT2D eigenvalue weighted by atomic mass is 9.81. The molecule has 0 unspecified atom stereocenters. The van der Waals surface area contributed by atoms with Crippen LogP contribution in [-0.2, 0) is 10.8 Å². The van der Waals surface area contributed by atoms with E-state index >= 15 is 0 Å². The fraction of sp³-hybridized carbons (Fsp3) is 0.0455. The number of rotatable bonds is 6. The first kappa shape index (κ1) is 78.0. The summed E-state index contributed by atoms with van der Waals surface area (Å²) < 4.78 is 10.0. The molecule has 136 heavy (non-hydrogen) atoms. The van der Waals surface area contributed by atoms with Gasteiger partial charge in [-0.25, -0.2) is 0 Å². The van der Waals surface area contributed by atoms with Crippen molar-refractivity contribution in [2.24, 2.45) is 0 Å². The van der Waals surface area contributed by atoms with Crippen LogP contribution in [0.5, 0.6) is 0 Å². The molecule has 4 heteroatoms. The van der Waals surface area contributed by atoms with Crippen molar-refractivity contribution in [1.82, 2.24) is 13.7 Å². The van der Waals surface area contributed by atoms with Crippen molar-refractivity contribution in [1.29, 1.82) is 0 Å². The normalized spacial score (nSPS) is 13.1. The molecule has 28 aromatic rings. The number of benzene rings is 24. The maximum absolute atomic E-state index is 2.44. The minimum Gasteiger partial charge on any atom is -0.309 e.